The van der Waals surface area contributed by atoms with E-state index in [9.17, 15) is 0 Å². The molecule has 0 spiro atoms. The van der Waals surface area contributed by atoms with Crippen LogP contribution in [0.5, 0.6) is 0 Å². The Morgan fingerprint density at radius 3 is 2.71 bits per heavy atom. The average molecular weight is 374 g/mol. The van der Waals surface area contributed by atoms with Gasteiger partial charge in [-0.3, -0.25) is 4.68 Å². The van der Waals surface area contributed by atoms with Crippen LogP contribution in [0.1, 0.15) is 19.0 Å². The molecule has 134 valence electrons. The molecule has 3 N–H and O–H groups in total. The number of nitrogens with zero attached hydrogens (tertiary/aromatic N) is 5. The molecule has 2 aromatic rings. The van der Waals surface area contributed by atoms with Crippen molar-refractivity contribution in [3.05, 3.63) is 18.0 Å². The number of nitrogens with one attached hydrogen (secondary N) is 1. The highest BCUT2D eigenvalue weighted by Crippen LogP contribution is 2.27. The molecular formula is C15H25Cl2N7. The molecule has 0 aliphatic carbocycles. The lowest BCUT2D eigenvalue weighted by Gasteiger charge is -2.18. The summed E-state index contributed by atoms with van der Waals surface area (Å²) in [4.78, 5) is 11.1. The lowest BCUT2D eigenvalue weighted by molar-refractivity contribution is 0.616. The SMILES string of the molecule is CCc1nn(C)cc1-c1cc(N2CC[C@@H](NC)C2)nc(N)n1.Cl.Cl. The molecule has 7 nitrogen and oxygen atoms in total. The van der Waals surface area contributed by atoms with Crippen LogP contribution in [0.15, 0.2) is 12.3 Å². The standard InChI is InChI=1S/C15H23N7.2ClH/c1-4-12-11(9-21(3)20-12)13-7-14(19-15(16)18-13)22-6-5-10(8-22)17-2;;/h7,9-10,17H,4-6,8H2,1-3H3,(H2,16,18,19);2*1H/t10-;;/m1../s1. The molecule has 9 heteroatoms. The van der Waals surface area contributed by atoms with Gasteiger partial charge in [0, 0.05) is 44.0 Å². The number of hydrogen-bond donors (Lipinski definition) is 2. The van der Waals surface area contributed by atoms with Crippen LogP contribution in [0, 0.1) is 0 Å². The second-order valence-corrected chi connectivity index (χ2v) is 5.71. The number of aromatic nitrogens is 4. The molecule has 1 atom stereocenters. The smallest absolute Gasteiger partial charge is 0.222 e. The van der Waals surface area contributed by atoms with Crippen molar-refractivity contribution < 1.29 is 0 Å². The second kappa shape index (κ2) is 8.50. The van der Waals surface area contributed by atoms with Crippen LogP contribution in [0.4, 0.5) is 11.8 Å². The van der Waals surface area contributed by atoms with Crippen molar-refractivity contribution in [3.8, 4) is 11.3 Å². The molecule has 0 radical (unpaired) electrons. The van der Waals surface area contributed by atoms with Gasteiger partial charge in [0.15, 0.2) is 0 Å². The maximum atomic E-state index is 5.94. The van der Waals surface area contributed by atoms with Crippen molar-refractivity contribution in [2.45, 2.75) is 25.8 Å². The van der Waals surface area contributed by atoms with Crippen molar-refractivity contribution in [1.29, 1.82) is 0 Å². The van der Waals surface area contributed by atoms with Gasteiger partial charge in [-0.2, -0.15) is 10.1 Å². The van der Waals surface area contributed by atoms with Crippen LogP contribution in [0.3, 0.4) is 0 Å². The van der Waals surface area contributed by atoms with E-state index in [1.165, 1.54) is 0 Å². The van der Waals surface area contributed by atoms with E-state index in [0.29, 0.717) is 12.0 Å². The van der Waals surface area contributed by atoms with Crippen molar-refractivity contribution in [2.24, 2.45) is 7.05 Å². The van der Waals surface area contributed by atoms with E-state index in [1.54, 1.807) is 0 Å². The lowest BCUT2D eigenvalue weighted by Crippen LogP contribution is -2.30. The summed E-state index contributed by atoms with van der Waals surface area (Å²) in [5, 5.41) is 7.80. The van der Waals surface area contributed by atoms with Crippen molar-refractivity contribution in [1.82, 2.24) is 25.1 Å². The first-order valence-electron chi connectivity index (χ1n) is 7.70. The zero-order valence-corrected chi connectivity index (χ0v) is 15.8. The summed E-state index contributed by atoms with van der Waals surface area (Å²) in [6, 6.07) is 2.52. The Hall–Kier alpha value is -1.57. The molecule has 2 aromatic heterocycles. The third kappa shape index (κ3) is 4.09. The Morgan fingerprint density at radius 2 is 2.08 bits per heavy atom. The van der Waals surface area contributed by atoms with Crippen LogP contribution in [-0.4, -0.2) is 45.9 Å². The predicted octanol–water partition coefficient (Wildman–Crippen LogP) is 1.66. The van der Waals surface area contributed by atoms with Gasteiger partial charge < -0.3 is 16.0 Å². The van der Waals surface area contributed by atoms with Crippen molar-refractivity contribution >= 4 is 36.6 Å². The lowest BCUT2D eigenvalue weighted by atomic mass is 10.1. The Bertz CT molecular complexity index is 674. The molecule has 1 aliphatic rings. The largest absolute Gasteiger partial charge is 0.368 e. The fourth-order valence-electron chi connectivity index (χ4n) is 2.97. The van der Waals surface area contributed by atoms with Gasteiger partial charge in [0.2, 0.25) is 5.95 Å². The van der Waals surface area contributed by atoms with E-state index in [1.807, 2.05) is 31.0 Å². The minimum Gasteiger partial charge on any atom is -0.368 e. The van der Waals surface area contributed by atoms with Gasteiger partial charge in [0.05, 0.1) is 11.4 Å². The van der Waals surface area contributed by atoms with E-state index in [0.717, 1.165) is 48.7 Å². The summed E-state index contributed by atoms with van der Waals surface area (Å²) in [6.07, 6.45) is 3.97. The monoisotopic (exact) mass is 373 g/mol. The van der Waals surface area contributed by atoms with Gasteiger partial charge in [-0.1, -0.05) is 6.92 Å². The Labute approximate surface area is 154 Å². The van der Waals surface area contributed by atoms with Crippen LogP contribution in [-0.2, 0) is 13.5 Å². The van der Waals surface area contributed by atoms with E-state index in [4.69, 9.17) is 5.73 Å². The van der Waals surface area contributed by atoms with E-state index < -0.39 is 0 Å². The minimum absolute atomic E-state index is 0. The van der Waals surface area contributed by atoms with E-state index in [-0.39, 0.29) is 24.8 Å². The highest BCUT2D eigenvalue weighted by atomic mass is 35.5. The molecule has 24 heavy (non-hydrogen) atoms. The Kier molecular flexibility index (Phi) is 7.26. The minimum atomic E-state index is 0. The average Bonchev–Trinajstić information content (AvgIpc) is 3.12. The number of nitrogen functional groups attached to an aromatic ring is 1. The number of hydrogen-bond acceptors (Lipinski definition) is 6. The second-order valence-electron chi connectivity index (χ2n) is 5.71. The van der Waals surface area contributed by atoms with E-state index >= 15 is 0 Å². The quantitative estimate of drug-likeness (QED) is 0.847. The van der Waals surface area contributed by atoms with Gasteiger partial charge in [-0.25, -0.2) is 4.98 Å². The number of anilines is 2. The highest BCUT2D eigenvalue weighted by molar-refractivity contribution is 5.85. The number of halogens is 2. The van der Waals surface area contributed by atoms with Gasteiger partial charge in [-0.05, 0) is 19.9 Å². The molecule has 3 heterocycles. The fraction of sp³-hybridized carbons (Fsp3) is 0.533. The molecule has 0 bridgehead atoms. The Balaban J connectivity index is 0.00000144. The molecule has 3 rings (SSSR count). The Morgan fingerprint density at radius 1 is 1.33 bits per heavy atom. The first-order valence-corrected chi connectivity index (χ1v) is 7.70. The summed E-state index contributed by atoms with van der Waals surface area (Å²) in [5.74, 6) is 1.21. The van der Waals surface area contributed by atoms with Crippen LogP contribution in [0.25, 0.3) is 11.3 Å². The molecule has 1 aliphatic heterocycles. The van der Waals surface area contributed by atoms with Gasteiger partial charge in [0.1, 0.15) is 5.82 Å². The zero-order chi connectivity index (χ0) is 15.7. The summed E-state index contributed by atoms with van der Waals surface area (Å²) >= 11 is 0. The predicted molar refractivity (Wildman–Crippen MR) is 102 cm³/mol. The summed E-state index contributed by atoms with van der Waals surface area (Å²) in [5.41, 5.74) is 8.85. The summed E-state index contributed by atoms with van der Waals surface area (Å²) in [7, 11) is 3.92. The van der Waals surface area contributed by atoms with Crippen molar-refractivity contribution in [3.63, 3.8) is 0 Å². The number of aryl methyl sites for hydroxylation is 2. The molecule has 0 unspecified atom stereocenters. The maximum absolute atomic E-state index is 5.94. The molecule has 0 aromatic carbocycles. The van der Waals surface area contributed by atoms with Crippen LogP contribution in [0.2, 0.25) is 0 Å². The fourth-order valence-corrected chi connectivity index (χ4v) is 2.97. The summed E-state index contributed by atoms with van der Waals surface area (Å²) < 4.78 is 1.82. The topological polar surface area (TPSA) is 84.9 Å². The molecule has 1 saturated heterocycles. The molecule has 1 fully saturated rings. The number of likely N-dealkylation sites (N-methyl/N-ethyl adjacent to an activating group) is 1. The number of nitrogens with two attached hydrogens (primary N) is 1. The summed E-state index contributed by atoms with van der Waals surface area (Å²) in [6.45, 7) is 4.02. The van der Waals surface area contributed by atoms with Crippen LogP contribution >= 0.6 is 24.8 Å². The molecular weight excluding hydrogens is 349 g/mol. The first kappa shape index (κ1) is 20.5. The third-order valence-corrected chi connectivity index (χ3v) is 4.17. The molecule has 0 amide bonds. The highest BCUT2D eigenvalue weighted by Gasteiger charge is 2.23. The van der Waals surface area contributed by atoms with Crippen molar-refractivity contribution in [2.75, 3.05) is 30.8 Å². The first-order chi connectivity index (χ1) is 10.6. The maximum Gasteiger partial charge on any atom is 0.222 e. The number of rotatable bonds is 4. The normalized spacial score (nSPS) is 16.6. The van der Waals surface area contributed by atoms with Gasteiger partial charge in [-0.15, -0.1) is 24.8 Å². The third-order valence-electron chi connectivity index (χ3n) is 4.17. The zero-order valence-electron chi connectivity index (χ0n) is 14.2. The van der Waals surface area contributed by atoms with Gasteiger partial charge in [0.25, 0.3) is 0 Å². The van der Waals surface area contributed by atoms with Crippen LogP contribution < -0.4 is 16.0 Å². The van der Waals surface area contributed by atoms with Gasteiger partial charge >= 0.3 is 0 Å². The molecule has 0 saturated carbocycles. The van der Waals surface area contributed by atoms with E-state index in [2.05, 4.69) is 32.2 Å².